The summed E-state index contributed by atoms with van der Waals surface area (Å²) in [5.41, 5.74) is 0. The fraction of sp³-hybridized carbons (Fsp3) is 0.667. The minimum Gasteiger partial charge on any atom is -0.341 e. The number of imidazole rings is 1. The monoisotopic (exact) mass is 319 g/mol. The first-order valence-electron chi connectivity index (χ1n) is 6.70. The van der Waals surface area contributed by atoms with Gasteiger partial charge in [0.1, 0.15) is 12.4 Å². The molecule has 0 N–H and O–H groups in total. The van der Waals surface area contributed by atoms with Crippen molar-refractivity contribution < 1.29 is 13.2 Å². The summed E-state index contributed by atoms with van der Waals surface area (Å²) in [5, 5.41) is -0.183. The van der Waals surface area contributed by atoms with Crippen molar-refractivity contribution in [3.05, 3.63) is 12.0 Å². The van der Waals surface area contributed by atoms with Crippen molar-refractivity contribution in [3.63, 3.8) is 0 Å². The molecular formula is C12H18ClN3O3S. The fourth-order valence-corrected chi connectivity index (χ4v) is 3.01. The number of rotatable bonds is 5. The van der Waals surface area contributed by atoms with E-state index < -0.39 is 9.05 Å². The lowest BCUT2D eigenvalue weighted by atomic mass is 10.3. The highest BCUT2D eigenvalue weighted by atomic mass is 35.7. The van der Waals surface area contributed by atoms with E-state index in [1.165, 1.54) is 6.20 Å². The summed E-state index contributed by atoms with van der Waals surface area (Å²) in [6.45, 7) is 3.64. The standard InChI is InChI=1S/C12H18ClN3O3S/c1-2-5-10-14-11(20(13,18)19)8-16(10)9-12(17)15-6-3-4-7-15/h8H,2-7,9H2,1H3. The van der Waals surface area contributed by atoms with Crippen LogP contribution in [0.3, 0.4) is 0 Å². The minimum atomic E-state index is -3.86. The van der Waals surface area contributed by atoms with Crippen LogP contribution in [-0.4, -0.2) is 41.9 Å². The number of aromatic nitrogens is 2. The Bertz CT molecular complexity index is 591. The fourth-order valence-electron chi connectivity index (χ4n) is 2.32. The van der Waals surface area contributed by atoms with Crippen LogP contribution in [0.25, 0.3) is 0 Å². The Hall–Kier alpha value is -1.08. The number of hydrogen-bond acceptors (Lipinski definition) is 4. The molecule has 0 aliphatic carbocycles. The van der Waals surface area contributed by atoms with E-state index in [-0.39, 0.29) is 17.5 Å². The molecule has 1 aromatic rings. The molecule has 112 valence electrons. The Labute approximate surface area is 123 Å². The molecule has 0 aromatic carbocycles. The predicted octanol–water partition coefficient (Wildman–Crippen LogP) is 1.39. The van der Waals surface area contributed by atoms with Gasteiger partial charge in [0.2, 0.25) is 5.91 Å². The first kappa shape index (κ1) is 15.3. The van der Waals surface area contributed by atoms with Crippen molar-refractivity contribution >= 4 is 25.6 Å². The van der Waals surface area contributed by atoms with E-state index in [4.69, 9.17) is 10.7 Å². The number of halogens is 1. The normalized spacial score (nSPS) is 15.8. The highest BCUT2D eigenvalue weighted by Crippen LogP contribution is 2.16. The molecule has 0 radical (unpaired) electrons. The van der Waals surface area contributed by atoms with E-state index in [0.717, 1.165) is 32.4 Å². The van der Waals surface area contributed by atoms with Crippen LogP contribution in [0.2, 0.25) is 0 Å². The smallest absolute Gasteiger partial charge is 0.280 e. The van der Waals surface area contributed by atoms with Crippen LogP contribution in [0.4, 0.5) is 0 Å². The van der Waals surface area contributed by atoms with Crippen LogP contribution in [0.1, 0.15) is 32.0 Å². The van der Waals surface area contributed by atoms with Crippen LogP contribution in [0.5, 0.6) is 0 Å². The molecule has 20 heavy (non-hydrogen) atoms. The quantitative estimate of drug-likeness (QED) is 0.769. The van der Waals surface area contributed by atoms with Crippen molar-refractivity contribution in [2.45, 2.75) is 44.2 Å². The molecule has 1 aromatic heterocycles. The number of aryl methyl sites for hydroxylation is 1. The number of hydrogen-bond donors (Lipinski definition) is 0. The molecule has 1 aliphatic rings. The zero-order valence-corrected chi connectivity index (χ0v) is 13.0. The van der Waals surface area contributed by atoms with E-state index in [9.17, 15) is 13.2 Å². The first-order valence-corrected chi connectivity index (χ1v) is 9.01. The van der Waals surface area contributed by atoms with Crippen LogP contribution in [0, 0.1) is 0 Å². The van der Waals surface area contributed by atoms with E-state index in [0.29, 0.717) is 12.2 Å². The maximum absolute atomic E-state index is 12.1. The molecule has 0 spiro atoms. The molecule has 2 rings (SSSR count). The Balaban J connectivity index is 2.20. The van der Waals surface area contributed by atoms with Gasteiger partial charge in [-0.25, -0.2) is 13.4 Å². The summed E-state index contributed by atoms with van der Waals surface area (Å²) >= 11 is 0. The summed E-state index contributed by atoms with van der Waals surface area (Å²) in [6.07, 6.45) is 4.83. The summed E-state index contributed by atoms with van der Waals surface area (Å²) in [7, 11) is 1.45. The lowest BCUT2D eigenvalue weighted by molar-refractivity contribution is -0.130. The van der Waals surface area contributed by atoms with Crippen molar-refractivity contribution in [2.75, 3.05) is 13.1 Å². The number of amides is 1. The van der Waals surface area contributed by atoms with Crippen LogP contribution < -0.4 is 0 Å². The second-order valence-corrected chi connectivity index (χ2v) is 7.41. The maximum Gasteiger partial charge on any atom is 0.280 e. The van der Waals surface area contributed by atoms with Gasteiger partial charge in [-0.2, -0.15) is 0 Å². The predicted molar refractivity (Wildman–Crippen MR) is 75.1 cm³/mol. The molecule has 0 atom stereocenters. The Morgan fingerprint density at radius 2 is 2.05 bits per heavy atom. The molecule has 0 bridgehead atoms. The maximum atomic E-state index is 12.1. The van der Waals surface area contributed by atoms with Gasteiger partial charge in [-0.15, -0.1) is 0 Å². The number of carbonyl (C=O) groups is 1. The SMILES string of the molecule is CCCc1nc(S(=O)(=O)Cl)cn1CC(=O)N1CCCC1. The highest BCUT2D eigenvalue weighted by Gasteiger charge is 2.22. The van der Waals surface area contributed by atoms with Gasteiger partial charge < -0.3 is 9.47 Å². The van der Waals surface area contributed by atoms with Crippen LogP contribution >= 0.6 is 10.7 Å². The average molecular weight is 320 g/mol. The largest absolute Gasteiger partial charge is 0.341 e. The molecule has 1 fully saturated rings. The highest BCUT2D eigenvalue weighted by molar-refractivity contribution is 8.13. The molecule has 1 aliphatic heterocycles. The van der Waals surface area contributed by atoms with Gasteiger partial charge in [-0.1, -0.05) is 6.92 Å². The molecule has 1 saturated heterocycles. The Kier molecular flexibility index (Phi) is 4.70. The van der Waals surface area contributed by atoms with E-state index >= 15 is 0 Å². The van der Waals surface area contributed by atoms with Crippen LogP contribution in [0.15, 0.2) is 11.2 Å². The van der Waals surface area contributed by atoms with Gasteiger partial charge in [-0.05, 0) is 19.3 Å². The topological polar surface area (TPSA) is 72.3 Å². The first-order chi connectivity index (χ1) is 9.41. The van der Waals surface area contributed by atoms with Crippen molar-refractivity contribution in [1.82, 2.24) is 14.5 Å². The molecular weight excluding hydrogens is 302 g/mol. The van der Waals surface area contributed by atoms with Gasteiger partial charge in [0.25, 0.3) is 9.05 Å². The van der Waals surface area contributed by atoms with E-state index in [1.807, 2.05) is 6.92 Å². The van der Waals surface area contributed by atoms with Gasteiger partial charge in [0.15, 0.2) is 5.03 Å². The Morgan fingerprint density at radius 3 is 2.60 bits per heavy atom. The summed E-state index contributed by atoms with van der Waals surface area (Å²) in [4.78, 5) is 17.9. The molecule has 0 unspecified atom stereocenters. The zero-order valence-electron chi connectivity index (χ0n) is 11.4. The lowest BCUT2D eigenvalue weighted by Gasteiger charge is -2.16. The average Bonchev–Trinajstić information content (AvgIpc) is 2.98. The van der Waals surface area contributed by atoms with Gasteiger partial charge in [0.05, 0.1) is 0 Å². The third kappa shape index (κ3) is 3.52. The van der Waals surface area contributed by atoms with Crippen molar-refractivity contribution in [3.8, 4) is 0 Å². The van der Waals surface area contributed by atoms with Crippen molar-refractivity contribution in [2.24, 2.45) is 0 Å². The zero-order chi connectivity index (χ0) is 14.8. The number of nitrogens with zero attached hydrogens (tertiary/aromatic N) is 3. The van der Waals surface area contributed by atoms with E-state index in [1.54, 1.807) is 9.47 Å². The lowest BCUT2D eigenvalue weighted by Crippen LogP contribution is -2.31. The number of likely N-dealkylation sites (tertiary alicyclic amines) is 1. The van der Waals surface area contributed by atoms with Gasteiger partial charge in [0, 0.05) is 36.4 Å². The molecule has 8 heteroatoms. The molecule has 1 amide bonds. The minimum absolute atomic E-state index is 0.00391. The molecule has 2 heterocycles. The van der Waals surface area contributed by atoms with Gasteiger partial charge >= 0.3 is 0 Å². The third-order valence-electron chi connectivity index (χ3n) is 3.32. The summed E-state index contributed by atoms with van der Waals surface area (Å²) < 4.78 is 24.3. The second kappa shape index (κ2) is 6.13. The Morgan fingerprint density at radius 1 is 1.40 bits per heavy atom. The van der Waals surface area contributed by atoms with E-state index in [2.05, 4.69) is 4.98 Å². The van der Waals surface area contributed by atoms with Crippen LogP contribution in [-0.2, 0) is 26.8 Å². The molecule has 6 nitrogen and oxygen atoms in total. The molecule has 0 saturated carbocycles. The van der Waals surface area contributed by atoms with Crippen molar-refractivity contribution in [1.29, 1.82) is 0 Å². The summed E-state index contributed by atoms with van der Waals surface area (Å²) in [5.74, 6) is 0.579. The third-order valence-corrected chi connectivity index (χ3v) is 4.50. The number of carbonyl (C=O) groups excluding carboxylic acids is 1. The summed E-state index contributed by atoms with van der Waals surface area (Å²) in [6, 6.07) is 0. The van der Waals surface area contributed by atoms with Gasteiger partial charge in [-0.3, -0.25) is 4.79 Å². The second-order valence-electron chi connectivity index (χ2n) is 4.90.